The maximum atomic E-state index is 12.7. The summed E-state index contributed by atoms with van der Waals surface area (Å²) in [6.07, 6.45) is 0. The molecule has 2 aromatic rings. The van der Waals surface area contributed by atoms with Crippen molar-refractivity contribution in [3.8, 4) is 0 Å². The molecule has 0 spiro atoms. The molecule has 142 valence electrons. The lowest BCUT2D eigenvalue weighted by Crippen LogP contribution is -2.39. The van der Waals surface area contributed by atoms with Crippen LogP contribution in [0.4, 0.5) is 10.5 Å². The molecule has 1 fully saturated rings. The molecule has 2 aliphatic heterocycles. The fourth-order valence-electron chi connectivity index (χ4n) is 3.94. The Bertz CT molecular complexity index is 802. The van der Waals surface area contributed by atoms with Crippen molar-refractivity contribution >= 4 is 11.7 Å². The Balaban J connectivity index is 1.36. The van der Waals surface area contributed by atoms with Gasteiger partial charge in [-0.15, -0.1) is 0 Å². The van der Waals surface area contributed by atoms with Gasteiger partial charge in [0, 0.05) is 44.3 Å². The number of urea groups is 1. The van der Waals surface area contributed by atoms with Crippen molar-refractivity contribution in [3.63, 3.8) is 0 Å². The van der Waals surface area contributed by atoms with Crippen molar-refractivity contribution in [1.82, 2.24) is 10.2 Å². The van der Waals surface area contributed by atoms with E-state index in [-0.39, 0.29) is 6.03 Å². The summed E-state index contributed by atoms with van der Waals surface area (Å²) >= 11 is 0. The van der Waals surface area contributed by atoms with E-state index in [0.29, 0.717) is 12.5 Å². The Morgan fingerprint density at radius 1 is 1.11 bits per heavy atom. The van der Waals surface area contributed by atoms with E-state index in [1.165, 1.54) is 11.1 Å². The summed E-state index contributed by atoms with van der Waals surface area (Å²) in [4.78, 5) is 17.0. The zero-order chi connectivity index (χ0) is 18.6. The van der Waals surface area contributed by atoms with E-state index in [0.717, 1.165) is 50.6 Å². The minimum absolute atomic E-state index is 0.0228. The summed E-state index contributed by atoms with van der Waals surface area (Å²) in [6.45, 7) is 7.96. The van der Waals surface area contributed by atoms with Crippen LogP contribution in [0.1, 0.15) is 29.5 Å². The average Bonchev–Trinajstić information content (AvgIpc) is 3.04. The Kier molecular flexibility index (Phi) is 5.41. The van der Waals surface area contributed by atoms with Gasteiger partial charge in [0.2, 0.25) is 0 Å². The summed E-state index contributed by atoms with van der Waals surface area (Å²) in [7, 11) is 0. The molecule has 5 nitrogen and oxygen atoms in total. The molecule has 27 heavy (non-hydrogen) atoms. The summed E-state index contributed by atoms with van der Waals surface area (Å²) in [5.74, 6) is 0.379. The molecule has 0 saturated carbocycles. The number of hydrogen-bond donors (Lipinski definition) is 1. The molecule has 4 rings (SSSR count). The van der Waals surface area contributed by atoms with Gasteiger partial charge in [-0.05, 0) is 22.8 Å². The number of carbonyl (C=O) groups excluding carboxylic acids is 1. The smallest absolute Gasteiger partial charge is 0.322 e. The second-order valence-corrected chi connectivity index (χ2v) is 7.44. The predicted molar refractivity (Wildman–Crippen MR) is 107 cm³/mol. The standard InChI is InChI=1S/C22H27N3O2/c1-17-15-25(21-8-3-2-7-20(17)21)22(26)23-14-18-5-4-6-19(13-18)16-24-9-11-27-12-10-24/h2-8,13,17H,9-12,14-16H2,1H3,(H,23,26). The molecule has 1 N–H and O–H groups in total. The molecule has 2 amide bonds. The van der Waals surface area contributed by atoms with E-state index in [2.05, 4.69) is 47.5 Å². The van der Waals surface area contributed by atoms with Gasteiger partial charge in [0.15, 0.2) is 0 Å². The summed E-state index contributed by atoms with van der Waals surface area (Å²) in [5, 5.41) is 3.09. The van der Waals surface area contributed by atoms with Crippen molar-refractivity contribution < 1.29 is 9.53 Å². The van der Waals surface area contributed by atoms with Crippen LogP contribution in [-0.4, -0.2) is 43.8 Å². The Labute approximate surface area is 160 Å². The van der Waals surface area contributed by atoms with Gasteiger partial charge in [-0.1, -0.05) is 49.4 Å². The van der Waals surface area contributed by atoms with E-state index >= 15 is 0 Å². The number of nitrogens with one attached hydrogen (secondary N) is 1. The van der Waals surface area contributed by atoms with Crippen LogP contribution in [0.15, 0.2) is 48.5 Å². The number of amides is 2. The monoisotopic (exact) mass is 365 g/mol. The highest BCUT2D eigenvalue weighted by molar-refractivity contribution is 5.94. The maximum absolute atomic E-state index is 12.7. The first-order chi connectivity index (χ1) is 13.2. The number of nitrogens with zero attached hydrogens (tertiary/aromatic N) is 2. The SMILES string of the molecule is CC1CN(C(=O)NCc2cccc(CN3CCOCC3)c2)c2ccccc21. The molecular formula is C22H27N3O2. The number of fused-ring (bicyclic) bond motifs is 1. The molecule has 0 radical (unpaired) electrons. The number of ether oxygens (including phenoxy) is 1. The van der Waals surface area contributed by atoms with Crippen LogP contribution in [0.3, 0.4) is 0 Å². The fourth-order valence-corrected chi connectivity index (χ4v) is 3.94. The normalized spacial score (nSPS) is 19.7. The Hall–Kier alpha value is -2.37. The topological polar surface area (TPSA) is 44.8 Å². The Morgan fingerprint density at radius 2 is 1.89 bits per heavy atom. The van der Waals surface area contributed by atoms with Crippen molar-refractivity contribution in [2.24, 2.45) is 0 Å². The van der Waals surface area contributed by atoms with Crippen LogP contribution in [0, 0.1) is 0 Å². The van der Waals surface area contributed by atoms with Crippen LogP contribution in [-0.2, 0) is 17.8 Å². The molecule has 5 heteroatoms. The largest absolute Gasteiger partial charge is 0.379 e. The molecule has 2 aliphatic rings. The highest BCUT2D eigenvalue weighted by Crippen LogP contribution is 2.35. The van der Waals surface area contributed by atoms with Crippen molar-refractivity contribution in [1.29, 1.82) is 0 Å². The third-order valence-corrected chi connectivity index (χ3v) is 5.41. The second kappa shape index (κ2) is 8.11. The van der Waals surface area contributed by atoms with Crippen molar-refractivity contribution in [2.75, 3.05) is 37.7 Å². The highest BCUT2D eigenvalue weighted by atomic mass is 16.5. The number of hydrogen-bond acceptors (Lipinski definition) is 3. The predicted octanol–water partition coefficient (Wildman–Crippen LogP) is 3.35. The van der Waals surface area contributed by atoms with Gasteiger partial charge >= 0.3 is 6.03 Å². The fraction of sp³-hybridized carbons (Fsp3) is 0.409. The molecule has 2 aromatic carbocycles. The van der Waals surface area contributed by atoms with Gasteiger partial charge in [0.1, 0.15) is 0 Å². The summed E-state index contributed by atoms with van der Waals surface area (Å²) < 4.78 is 5.41. The maximum Gasteiger partial charge on any atom is 0.322 e. The third kappa shape index (κ3) is 4.15. The first kappa shape index (κ1) is 18.0. The molecule has 0 bridgehead atoms. The van der Waals surface area contributed by atoms with Crippen molar-refractivity contribution in [2.45, 2.75) is 25.9 Å². The summed E-state index contributed by atoms with van der Waals surface area (Å²) in [5.41, 5.74) is 4.70. The molecule has 1 atom stereocenters. The van der Waals surface area contributed by atoms with Gasteiger partial charge in [0.25, 0.3) is 0 Å². The molecule has 2 heterocycles. The lowest BCUT2D eigenvalue weighted by atomic mass is 10.0. The van der Waals surface area contributed by atoms with E-state index in [1.54, 1.807) is 0 Å². The lowest BCUT2D eigenvalue weighted by Gasteiger charge is -2.26. The molecule has 0 aliphatic carbocycles. The van der Waals surface area contributed by atoms with Gasteiger partial charge < -0.3 is 10.1 Å². The van der Waals surface area contributed by atoms with Crippen LogP contribution in [0.25, 0.3) is 0 Å². The number of para-hydroxylation sites is 1. The zero-order valence-electron chi connectivity index (χ0n) is 15.9. The average molecular weight is 365 g/mol. The van der Waals surface area contributed by atoms with Crippen LogP contribution < -0.4 is 10.2 Å². The highest BCUT2D eigenvalue weighted by Gasteiger charge is 2.29. The zero-order valence-corrected chi connectivity index (χ0v) is 15.9. The first-order valence-corrected chi connectivity index (χ1v) is 9.73. The second-order valence-electron chi connectivity index (χ2n) is 7.44. The van der Waals surface area contributed by atoms with Gasteiger partial charge in [0.05, 0.1) is 13.2 Å². The van der Waals surface area contributed by atoms with E-state index < -0.39 is 0 Å². The molecular weight excluding hydrogens is 338 g/mol. The third-order valence-electron chi connectivity index (χ3n) is 5.41. The van der Waals surface area contributed by atoms with Crippen LogP contribution in [0.2, 0.25) is 0 Å². The van der Waals surface area contributed by atoms with Crippen molar-refractivity contribution in [3.05, 3.63) is 65.2 Å². The van der Waals surface area contributed by atoms with Crippen LogP contribution in [0.5, 0.6) is 0 Å². The molecule has 0 aromatic heterocycles. The first-order valence-electron chi connectivity index (χ1n) is 9.73. The minimum atomic E-state index is -0.0228. The number of rotatable bonds is 4. The Morgan fingerprint density at radius 3 is 2.74 bits per heavy atom. The quantitative estimate of drug-likeness (QED) is 0.904. The minimum Gasteiger partial charge on any atom is -0.379 e. The summed E-state index contributed by atoms with van der Waals surface area (Å²) in [6, 6.07) is 16.6. The lowest BCUT2D eigenvalue weighted by molar-refractivity contribution is 0.0342. The van der Waals surface area contributed by atoms with Crippen LogP contribution >= 0.6 is 0 Å². The van der Waals surface area contributed by atoms with E-state index in [1.807, 2.05) is 23.1 Å². The number of carbonyl (C=O) groups is 1. The number of benzene rings is 2. The van der Waals surface area contributed by atoms with E-state index in [4.69, 9.17) is 4.74 Å². The molecule has 1 unspecified atom stereocenters. The number of morpholine rings is 1. The molecule has 1 saturated heterocycles. The van der Waals surface area contributed by atoms with Gasteiger partial charge in [-0.25, -0.2) is 4.79 Å². The van der Waals surface area contributed by atoms with E-state index in [9.17, 15) is 4.79 Å². The van der Waals surface area contributed by atoms with Gasteiger partial charge in [-0.3, -0.25) is 9.80 Å². The van der Waals surface area contributed by atoms with Gasteiger partial charge in [-0.2, -0.15) is 0 Å². The number of anilines is 1.